The Morgan fingerprint density at radius 3 is 2.61 bits per heavy atom. The second-order valence-corrected chi connectivity index (χ2v) is 9.80. The number of benzene rings is 3. The molecule has 2 aromatic heterocycles. The molecule has 0 radical (unpaired) electrons. The standard InChI is InChI=1S/C28H24ClNO5S/c1-17-5-7-18(8-6-17)26-27(25(31)21-11-10-20(32-2)16-24(21)34-26)33-13-3-4-14-36-28-30-22-15-19(29)9-12-23(22)35-28/h5-12,15-16H,3-4,13-14H2,1-2H3. The third kappa shape index (κ3) is 5.22. The second-order valence-electron chi connectivity index (χ2n) is 8.31. The molecule has 5 aromatic rings. The highest BCUT2D eigenvalue weighted by atomic mass is 35.5. The SMILES string of the molecule is COc1ccc2c(=O)c(OCCCCSc3nc4cc(Cl)ccc4o3)c(-c3ccc(C)cc3)oc2c1. The number of aryl methyl sites for hydroxylation is 1. The lowest BCUT2D eigenvalue weighted by Gasteiger charge is -2.12. The fourth-order valence-electron chi connectivity index (χ4n) is 3.79. The quantitative estimate of drug-likeness (QED) is 0.147. The van der Waals surface area contributed by atoms with Gasteiger partial charge in [0.1, 0.15) is 16.8 Å². The molecule has 5 rings (SSSR count). The van der Waals surface area contributed by atoms with Crippen molar-refractivity contribution < 1.29 is 18.3 Å². The summed E-state index contributed by atoms with van der Waals surface area (Å²) in [7, 11) is 1.58. The number of rotatable bonds is 9. The molecule has 184 valence electrons. The zero-order chi connectivity index (χ0) is 25.1. The van der Waals surface area contributed by atoms with Gasteiger partial charge in [0.15, 0.2) is 11.3 Å². The summed E-state index contributed by atoms with van der Waals surface area (Å²) in [6, 6.07) is 18.4. The van der Waals surface area contributed by atoms with Crippen molar-refractivity contribution in [2.24, 2.45) is 0 Å². The highest BCUT2D eigenvalue weighted by molar-refractivity contribution is 7.99. The summed E-state index contributed by atoms with van der Waals surface area (Å²) in [4.78, 5) is 17.8. The van der Waals surface area contributed by atoms with E-state index >= 15 is 0 Å². The first-order valence-electron chi connectivity index (χ1n) is 11.6. The number of ether oxygens (including phenoxy) is 2. The Morgan fingerprint density at radius 2 is 1.81 bits per heavy atom. The van der Waals surface area contributed by atoms with Gasteiger partial charge in [-0.25, -0.2) is 4.98 Å². The normalized spacial score (nSPS) is 11.3. The summed E-state index contributed by atoms with van der Waals surface area (Å²) in [5, 5.41) is 1.69. The number of hydrogen-bond donors (Lipinski definition) is 0. The van der Waals surface area contributed by atoms with Crippen molar-refractivity contribution in [2.75, 3.05) is 19.5 Å². The van der Waals surface area contributed by atoms with Crippen molar-refractivity contribution in [1.29, 1.82) is 0 Å². The Hall–Kier alpha value is -3.42. The Bertz CT molecular complexity index is 1580. The smallest absolute Gasteiger partial charge is 0.256 e. The molecule has 3 aromatic carbocycles. The Morgan fingerprint density at radius 1 is 0.972 bits per heavy atom. The third-order valence-corrected chi connectivity index (χ3v) is 6.86. The summed E-state index contributed by atoms with van der Waals surface area (Å²) < 4.78 is 23.2. The maximum absolute atomic E-state index is 13.3. The van der Waals surface area contributed by atoms with Gasteiger partial charge in [0, 0.05) is 22.4 Å². The fourth-order valence-corrected chi connectivity index (χ4v) is 4.79. The number of hydrogen-bond acceptors (Lipinski definition) is 7. The van der Waals surface area contributed by atoms with Gasteiger partial charge in [-0.2, -0.15) is 0 Å². The zero-order valence-corrected chi connectivity index (χ0v) is 21.4. The van der Waals surface area contributed by atoms with E-state index < -0.39 is 0 Å². The first-order valence-corrected chi connectivity index (χ1v) is 12.9. The van der Waals surface area contributed by atoms with E-state index in [2.05, 4.69) is 4.98 Å². The lowest BCUT2D eigenvalue weighted by Crippen LogP contribution is -2.11. The number of fused-ring (bicyclic) bond motifs is 2. The summed E-state index contributed by atoms with van der Waals surface area (Å²) in [6.45, 7) is 2.39. The number of oxazole rings is 1. The predicted molar refractivity (Wildman–Crippen MR) is 144 cm³/mol. The average Bonchev–Trinajstić information content (AvgIpc) is 3.29. The van der Waals surface area contributed by atoms with Gasteiger partial charge < -0.3 is 18.3 Å². The molecule has 2 heterocycles. The van der Waals surface area contributed by atoms with Gasteiger partial charge in [-0.15, -0.1) is 0 Å². The van der Waals surface area contributed by atoms with Crippen molar-refractivity contribution in [3.8, 4) is 22.8 Å². The maximum Gasteiger partial charge on any atom is 0.256 e. The van der Waals surface area contributed by atoms with E-state index in [-0.39, 0.29) is 11.2 Å². The molecule has 0 spiro atoms. The van der Waals surface area contributed by atoms with Crippen LogP contribution in [0.25, 0.3) is 33.4 Å². The number of halogens is 1. The summed E-state index contributed by atoms with van der Waals surface area (Å²) in [6.07, 6.45) is 1.62. The van der Waals surface area contributed by atoms with Crippen LogP contribution in [-0.4, -0.2) is 24.5 Å². The van der Waals surface area contributed by atoms with Gasteiger partial charge in [0.25, 0.3) is 5.22 Å². The molecule has 6 nitrogen and oxygen atoms in total. The largest absolute Gasteiger partial charge is 0.497 e. The van der Waals surface area contributed by atoms with Gasteiger partial charge >= 0.3 is 0 Å². The first kappa shape index (κ1) is 24.3. The maximum atomic E-state index is 13.3. The Kier molecular flexibility index (Phi) is 7.20. The number of unbranched alkanes of at least 4 members (excludes halogenated alkanes) is 1. The van der Waals surface area contributed by atoms with Crippen LogP contribution in [0.15, 0.2) is 79.5 Å². The predicted octanol–water partition coefficient (Wildman–Crippen LogP) is 7.52. The van der Waals surface area contributed by atoms with Crippen molar-refractivity contribution in [2.45, 2.75) is 25.0 Å². The highest BCUT2D eigenvalue weighted by Gasteiger charge is 2.18. The van der Waals surface area contributed by atoms with E-state index in [1.54, 1.807) is 37.4 Å². The topological polar surface area (TPSA) is 74.7 Å². The van der Waals surface area contributed by atoms with Crippen LogP contribution in [0.1, 0.15) is 18.4 Å². The number of aromatic nitrogens is 1. The Labute approximate surface area is 217 Å². The average molecular weight is 522 g/mol. The van der Waals surface area contributed by atoms with Gasteiger partial charge in [-0.05, 0) is 50.1 Å². The van der Waals surface area contributed by atoms with Crippen LogP contribution in [0.2, 0.25) is 5.02 Å². The van der Waals surface area contributed by atoms with Crippen LogP contribution in [0.4, 0.5) is 0 Å². The fraction of sp³-hybridized carbons (Fsp3) is 0.214. The van der Waals surface area contributed by atoms with Crippen LogP contribution in [-0.2, 0) is 0 Å². The van der Waals surface area contributed by atoms with E-state index in [0.717, 1.165) is 40.8 Å². The molecule has 0 N–H and O–H groups in total. The van der Waals surface area contributed by atoms with Crippen molar-refractivity contribution in [3.05, 3.63) is 81.5 Å². The highest BCUT2D eigenvalue weighted by Crippen LogP contribution is 2.33. The number of methoxy groups -OCH3 is 1. The molecule has 0 atom stereocenters. The minimum Gasteiger partial charge on any atom is -0.497 e. The first-order chi connectivity index (χ1) is 17.5. The summed E-state index contributed by atoms with van der Waals surface area (Å²) in [5.74, 6) is 2.06. The molecular formula is C28H24ClNO5S. The van der Waals surface area contributed by atoms with Crippen LogP contribution >= 0.6 is 23.4 Å². The van der Waals surface area contributed by atoms with Gasteiger partial charge in [-0.1, -0.05) is 53.2 Å². The number of nitrogens with zero attached hydrogens (tertiary/aromatic N) is 1. The van der Waals surface area contributed by atoms with Gasteiger partial charge in [0.05, 0.1) is 19.1 Å². The van der Waals surface area contributed by atoms with E-state index in [0.29, 0.717) is 39.3 Å². The van der Waals surface area contributed by atoms with Crippen molar-refractivity contribution in [1.82, 2.24) is 4.98 Å². The van der Waals surface area contributed by atoms with Crippen LogP contribution in [0, 0.1) is 6.92 Å². The minimum absolute atomic E-state index is 0.200. The van der Waals surface area contributed by atoms with Gasteiger partial charge in [0.2, 0.25) is 11.2 Å². The molecule has 0 fully saturated rings. The third-order valence-electron chi connectivity index (χ3n) is 5.71. The van der Waals surface area contributed by atoms with Crippen LogP contribution < -0.4 is 14.9 Å². The molecule has 0 unspecified atom stereocenters. The molecule has 0 amide bonds. The molecule has 0 bridgehead atoms. The lowest BCUT2D eigenvalue weighted by atomic mass is 10.1. The molecular weight excluding hydrogens is 498 g/mol. The Balaban J connectivity index is 1.28. The van der Waals surface area contributed by atoms with E-state index in [9.17, 15) is 4.79 Å². The zero-order valence-electron chi connectivity index (χ0n) is 19.9. The summed E-state index contributed by atoms with van der Waals surface area (Å²) >= 11 is 7.56. The van der Waals surface area contributed by atoms with Crippen LogP contribution in [0.3, 0.4) is 0 Å². The van der Waals surface area contributed by atoms with Gasteiger partial charge in [-0.3, -0.25) is 4.79 Å². The molecule has 0 aliphatic rings. The molecule has 0 aliphatic carbocycles. The van der Waals surface area contributed by atoms with E-state index in [1.165, 1.54) is 11.8 Å². The lowest BCUT2D eigenvalue weighted by molar-refractivity contribution is 0.301. The summed E-state index contributed by atoms with van der Waals surface area (Å²) in [5.41, 5.74) is 3.62. The van der Waals surface area contributed by atoms with E-state index in [4.69, 9.17) is 29.9 Å². The van der Waals surface area contributed by atoms with Crippen LogP contribution in [0.5, 0.6) is 11.5 Å². The molecule has 8 heteroatoms. The monoisotopic (exact) mass is 521 g/mol. The molecule has 0 saturated carbocycles. The number of thioether (sulfide) groups is 1. The molecule has 0 saturated heterocycles. The molecule has 36 heavy (non-hydrogen) atoms. The minimum atomic E-state index is -0.200. The van der Waals surface area contributed by atoms with Crippen molar-refractivity contribution >= 4 is 45.4 Å². The molecule has 0 aliphatic heterocycles. The van der Waals surface area contributed by atoms with E-state index in [1.807, 2.05) is 37.3 Å². The van der Waals surface area contributed by atoms with Crippen molar-refractivity contribution in [3.63, 3.8) is 0 Å². The second kappa shape index (κ2) is 10.7.